The van der Waals surface area contributed by atoms with E-state index in [4.69, 9.17) is 0 Å². The van der Waals surface area contributed by atoms with Crippen molar-refractivity contribution in [1.82, 2.24) is 19.6 Å². The molecule has 3 heterocycles. The van der Waals surface area contributed by atoms with E-state index in [1.807, 2.05) is 35.8 Å². The van der Waals surface area contributed by atoms with Gasteiger partial charge in [-0.05, 0) is 50.7 Å². The lowest BCUT2D eigenvalue weighted by Gasteiger charge is -2.27. The third-order valence-corrected chi connectivity index (χ3v) is 4.64. The maximum Gasteiger partial charge on any atom is 0.158 e. The molecule has 3 aromatic rings. The lowest BCUT2D eigenvalue weighted by Crippen LogP contribution is -2.26. The van der Waals surface area contributed by atoms with Crippen LogP contribution in [0.1, 0.15) is 38.4 Å². The minimum atomic E-state index is 0.499. The van der Waals surface area contributed by atoms with E-state index in [9.17, 15) is 0 Å². The van der Waals surface area contributed by atoms with E-state index >= 15 is 0 Å². The predicted octanol–water partition coefficient (Wildman–Crippen LogP) is 3.58. The maximum absolute atomic E-state index is 4.67. The second-order valence-electron chi connectivity index (χ2n) is 6.45. The van der Waals surface area contributed by atoms with Crippen molar-refractivity contribution < 1.29 is 0 Å². The van der Waals surface area contributed by atoms with Gasteiger partial charge in [-0.2, -0.15) is 5.10 Å². The van der Waals surface area contributed by atoms with Crippen LogP contribution < -0.4 is 5.32 Å². The number of pyridine rings is 1. The first-order chi connectivity index (χ1) is 10.7. The zero-order chi connectivity index (χ0) is 15.1. The third-order valence-electron chi connectivity index (χ3n) is 4.64. The Balaban J connectivity index is 1.76. The van der Waals surface area contributed by atoms with E-state index in [-0.39, 0.29) is 0 Å². The van der Waals surface area contributed by atoms with Gasteiger partial charge in [0.15, 0.2) is 11.3 Å². The molecule has 3 aromatic heterocycles. The lowest BCUT2D eigenvalue weighted by atomic mass is 9.87. The molecule has 0 saturated heterocycles. The Labute approximate surface area is 129 Å². The summed E-state index contributed by atoms with van der Waals surface area (Å²) in [7, 11) is 0. The van der Waals surface area contributed by atoms with Gasteiger partial charge in [0.2, 0.25) is 0 Å². The Morgan fingerprint density at radius 1 is 1.09 bits per heavy atom. The molecule has 1 fully saturated rings. The number of anilines is 1. The molecule has 1 aliphatic carbocycles. The van der Waals surface area contributed by atoms with Crippen LogP contribution >= 0.6 is 0 Å². The van der Waals surface area contributed by atoms with Gasteiger partial charge in [0.05, 0.1) is 5.52 Å². The highest BCUT2D eigenvalue weighted by Crippen LogP contribution is 2.28. The summed E-state index contributed by atoms with van der Waals surface area (Å²) >= 11 is 0. The molecule has 1 aliphatic rings. The number of hydrogen-bond acceptors (Lipinski definition) is 4. The zero-order valence-corrected chi connectivity index (χ0v) is 13.1. The van der Waals surface area contributed by atoms with Gasteiger partial charge in [-0.15, -0.1) is 0 Å². The van der Waals surface area contributed by atoms with E-state index in [0.29, 0.717) is 6.04 Å². The second-order valence-corrected chi connectivity index (χ2v) is 6.45. The van der Waals surface area contributed by atoms with Gasteiger partial charge in [-0.3, -0.25) is 0 Å². The SMILES string of the molecule is Cc1nc(NC2CCC(C)CC2)c2nn3ccccc3c2n1. The molecule has 5 heteroatoms. The summed E-state index contributed by atoms with van der Waals surface area (Å²) in [5, 5.41) is 8.29. The maximum atomic E-state index is 4.67. The van der Waals surface area contributed by atoms with Crippen molar-refractivity contribution in [2.75, 3.05) is 5.32 Å². The van der Waals surface area contributed by atoms with Crippen LogP contribution in [0.2, 0.25) is 0 Å². The fraction of sp³-hybridized carbons (Fsp3) is 0.471. The van der Waals surface area contributed by atoms with Gasteiger partial charge in [0.25, 0.3) is 0 Å². The van der Waals surface area contributed by atoms with Crippen molar-refractivity contribution in [3.63, 3.8) is 0 Å². The number of hydrogen-bond donors (Lipinski definition) is 1. The Hall–Kier alpha value is -2.17. The summed E-state index contributed by atoms with van der Waals surface area (Å²) < 4.78 is 1.88. The fourth-order valence-corrected chi connectivity index (χ4v) is 3.36. The van der Waals surface area contributed by atoms with Gasteiger partial charge >= 0.3 is 0 Å². The van der Waals surface area contributed by atoms with Crippen LogP contribution in [0, 0.1) is 12.8 Å². The monoisotopic (exact) mass is 295 g/mol. The van der Waals surface area contributed by atoms with E-state index in [2.05, 4.69) is 27.3 Å². The highest BCUT2D eigenvalue weighted by molar-refractivity contribution is 5.96. The van der Waals surface area contributed by atoms with Crippen molar-refractivity contribution in [3.05, 3.63) is 30.2 Å². The summed E-state index contributed by atoms with van der Waals surface area (Å²) in [5.41, 5.74) is 2.83. The largest absolute Gasteiger partial charge is 0.365 e. The molecule has 1 N–H and O–H groups in total. The molecule has 0 aliphatic heterocycles. The average molecular weight is 295 g/mol. The van der Waals surface area contributed by atoms with Crippen LogP contribution in [-0.2, 0) is 0 Å². The van der Waals surface area contributed by atoms with Gasteiger partial charge in [0.1, 0.15) is 11.3 Å². The molecule has 1 saturated carbocycles. The topological polar surface area (TPSA) is 55.1 Å². The van der Waals surface area contributed by atoms with Crippen LogP contribution in [0.5, 0.6) is 0 Å². The molecule has 0 bridgehead atoms. The number of aromatic nitrogens is 4. The number of rotatable bonds is 2. The van der Waals surface area contributed by atoms with Gasteiger partial charge in [-0.25, -0.2) is 14.5 Å². The van der Waals surface area contributed by atoms with E-state index in [0.717, 1.165) is 34.1 Å². The Morgan fingerprint density at radius 2 is 1.91 bits per heavy atom. The van der Waals surface area contributed by atoms with E-state index in [1.54, 1.807) is 0 Å². The van der Waals surface area contributed by atoms with Gasteiger partial charge in [-0.1, -0.05) is 13.0 Å². The van der Waals surface area contributed by atoms with Crippen molar-refractivity contribution >= 4 is 22.4 Å². The molecule has 114 valence electrons. The predicted molar refractivity (Wildman–Crippen MR) is 88.1 cm³/mol. The first-order valence-electron chi connectivity index (χ1n) is 8.09. The van der Waals surface area contributed by atoms with Crippen molar-refractivity contribution in [1.29, 1.82) is 0 Å². The van der Waals surface area contributed by atoms with Crippen LogP contribution in [0.25, 0.3) is 16.6 Å². The zero-order valence-electron chi connectivity index (χ0n) is 13.1. The summed E-state index contributed by atoms with van der Waals surface area (Å²) in [6, 6.07) is 6.55. The van der Waals surface area contributed by atoms with Gasteiger partial charge < -0.3 is 5.32 Å². The smallest absolute Gasteiger partial charge is 0.158 e. The number of aryl methyl sites for hydroxylation is 1. The molecular formula is C17H21N5. The summed E-state index contributed by atoms with van der Waals surface area (Å²) in [6.07, 6.45) is 6.95. The Morgan fingerprint density at radius 3 is 2.73 bits per heavy atom. The molecule has 0 radical (unpaired) electrons. The highest BCUT2D eigenvalue weighted by atomic mass is 15.2. The average Bonchev–Trinajstić information content (AvgIpc) is 2.89. The first-order valence-corrected chi connectivity index (χ1v) is 8.09. The summed E-state index contributed by atoms with van der Waals surface area (Å²) in [6.45, 7) is 4.28. The van der Waals surface area contributed by atoms with E-state index in [1.165, 1.54) is 25.7 Å². The normalized spacial score (nSPS) is 22.3. The molecule has 0 spiro atoms. The molecule has 22 heavy (non-hydrogen) atoms. The molecule has 0 unspecified atom stereocenters. The van der Waals surface area contributed by atoms with E-state index < -0.39 is 0 Å². The summed E-state index contributed by atoms with van der Waals surface area (Å²) in [5.74, 6) is 2.52. The first kappa shape index (κ1) is 13.5. The quantitative estimate of drug-likeness (QED) is 0.785. The molecular weight excluding hydrogens is 274 g/mol. The third kappa shape index (κ3) is 2.30. The molecule has 4 rings (SSSR count). The highest BCUT2D eigenvalue weighted by Gasteiger charge is 2.20. The number of nitrogens with zero attached hydrogens (tertiary/aromatic N) is 4. The Kier molecular flexibility index (Phi) is 3.21. The second kappa shape index (κ2) is 5.23. The van der Waals surface area contributed by atoms with Gasteiger partial charge in [0, 0.05) is 12.2 Å². The van der Waals surface area contributed by atoms with Crippen molar-refractivity contribution in [2.24, 2.45) is 5.92 Å². The molecule has 0 atom stereocenters. The van der Waals surface area contributed by atoms with Crippen molar-refractivity contribution in [3.8, 4) is 0 Å². The molecule has 5 nitrogen and oxygen atoms in total. The number of fused-ring (bicyclic) bond motifs is 3. The Bertz CT molecular complexity index is 814. The van der Waals surface area contributed by atoms with Crippen LogP contribution in [-0.4, -0.2) is 25.6 Å². The minimum absolute atomic E-state index is 0.499. The fourth-order valence-electron chi connectivity index (χ4n) is 3.36. The van der Waals surface area contributed by atoms with Crippen LogP contribution in [0.3, 0.4) is 0 Å². The summed E-state index contributed by atoms with van der Waals surface area (Å²) in [4.78, 5) is 9.21. The van der Waals surface area contributed by atoms with Crippen LogP contribution in [0.15, 0.2) is 24.4 Å². The lowest BCUT2D eigenvalue weighted by molar-refractivity contribution is 0.361. The number of nitrogens with one attached hydrogen (secondary N) is 1. The minimum Gasteiger partial charge on any atom is -0.365 e. The molecule has 0 amide bonds. The van der Waals surface area contributed by atoms with Crippen molar-refractivity contribution in [2.45, 2.75) is 45.6 Å². The molecule has 0 aromatic carbocycles. The standard InChI is InChI=1S/C17H21N5/c1-11-6-8-13(9-7-11)20-17-16-15(18-12(2)19-17)14-5-3-4-10-22(14)21-16/h3-5,10-11,13H,6-9H2,1-2H3,(H,18,19,20). The van der Waals surface area contributed by atoms with Crippen LogP contribution in [0.4, 0.5) is 5.82 Å².